The zero-order valence-electron chi connectivity index (χ0n) is 25.9. The standard InChI is InChI=1S/C34H36ClN5O3S2/c1-19-30-28(37-39(19)3)18-44-16-21-14-22(40(4)36-21)17-45-23-13-20-7-5-8-24(20)29(15-23)43-12-6-9-25-26-10-11-27(35)31(30)32(26)38(2)33(25)34(41)42/h10-11,13-15H,5-9,12,16-18H2,1-4H3,(H,41,42). The Balaban J connectivity index is 1.35. The average Bonchev–Trinajstić information content (AvgIpc) is 3.75. The first kappa shape index (κ1) is 30.3. The second kappa shape index (κ2) is 12.1. The van der Waals surface area contributed by atoms with Crippen LogP contribution in [0.4, 0.5) is 0 Å². The third kappa shape index (κ3) is 5.44. The molecule has 1 aliphatic carbocycles. The Morgan fingerprint density at radius 2 is 1.78 bits per heavy atom. The van der Waals surface area contributed by atoms with Crippen LogP contribution in [0.25, 0.3) is 22.0 Å². The van der Waals surface area contributed by atoms with Gasteiger partial charge in [-0.1, -0.05) is 17.7 Å². The number of hydrogen-bond acceptors (Lipinski definition) is 6. The number of rotatable bonds is 1. The highest BCUT2D eigenvalue weighted by Gasteiger charge is 2.27. The van der Waals surface area contributed by atoms with Crippen LogP contribution in [-0.4, -0.2) is 41.8 Å². The number of fused-ring (bicyclic) bond motifs is 8. The maximum absolute atomic E-state index is 12.7. The number of aromatic nitrogens is 5. The molecule has 0 fully saturated rings. The summed E-state index contributed by atoms with van der Waals surface area (Å²) in [6.07, 6.45) is 4.52. The van der Waals surface area contributed by atoms with E-state index in [1.165, 1.54) is 21.7 Å². The molecule has 8 nitrogen and oxygen atoms in total. The van der Waals surface area contributed by atoms with E-state index in [1.54, 1.807) is 16.3 Å². The molecule has 45 heavy (non-hydrogen) atoms. The van der Waals surface area contributed by atoms with E-state index < -0.39 is 5.97 Å². The highest BCUT2D eigenvalue weighted by molar-refractivity contribution is 7.98. The van der Waals surface area contributed by atoms with E-state index in [1.807, 2.05) is 61.3 Å². The van der Waals surface area contributed by atoms with Crippen LogP contribution in [0, 0.1) is 6.92 Å². The van der Waals surface area contributed by atoms with Crippen molar-refractivity contribution in [3.05, 3.63) is 80.5 Å². The van der Waals surface area contributed by atoms with Crippen molar-refractivity contribution in [3.8, 4) is 16.9 Å². The van der Waals surface area contributed by atoms with E-state index in [-0.39, 0.29) is 0 Å². The topological polar surface area (TPSA) is 87.1 Å². The molecule has 0 unspecified atom stereocenters. The molecule has 234 valence electrons. The Bertz CT molecular complexity index is 1970. The van der Waals surface area contributed by atoms with Gasteiger partial charge in [0.1, 0.15) is 11.4 Å². The lowest BCUT2D eigenvalue weighted by Crippen LogP contribution is -2.09. The van der Waals surface area contributed by atoms with Crippen LogP contribution in [0.2, 0.25) is 5.02 Å². The van der Waals surface area contributed by atoms with E-state index in [2.05, 4.69) is 18.2 Å². The molecule has 3 aromatic heterocycles. The Hall–Kier alpha value is -3.34. The van der Waals surface area contributed by atoms with Crippen LogP contribution < -0.4 is 4.74 Å². The summed E-state index contributed by atoms with van der Waals surface area (Å²) in [6, 6.07) is 10.6. The molecule has 0 spiro atoms. The Labute approximate surface area is 276 Å². The Morgan fingerprint density at radius 3 is 2.60 bits per heavy atom. The van der Waals surface area contributed by atoms with Gasteiger partial charge in [0.2, 0.25) is 0 Å². The highest BCUT2D eigenvalue weighted by atomic mass is 35.5. The number of carbonyl (C=O) groups is 1. The van der Waals surface area contributed by atoms with Gasteiger partial charge in [-0.2, -0.15) is 10.2 Å². The molecule has 0 saturated heterocycles. The molecule has 0 amide bonds. The molecule has 2 aliphatic rings. The van der Waals surface area contributed by atoms with Gasteiger partial charge < -0.3 is 14.4 Å². The second-order valence-corrected chi connectivity index (χ2v) is 14.4. The number of aryl methyl sites for hydroxylation is 5. The SMILES string of the molecule is Cc1c2c(nn1C)CSCc1cc(n(C)n1)CSc1cc3c(c(c1)OCCCc1c(C(=O)O)n(C)c4c-2c(Cl)ccc14)CCC3. The van der Waals surface area contributed by atoms with E-state index in [0.29, 0.717) is 35.9 Å². The van der Waals surface area contributed by atoms with Gasteiger partial charge in [-0.15, -0.1) is 23.5 Å². The smallest absolute Gasteiger partial charge is 0.352 e. The fourth-order valence-electron chi connectivity index (χ4n) is 6.93. The minimum absolute atomic E-state index is 0.290. The average molecular weight is 662 g/mol. The van der Waals surface area contributed by atoms with Gasteiger partial charge in [0.25, 0.3) is 0 Å². The second-order valence-electron chi connectivity index (χ2n) is 11.9. The number of benzene rings is 2. The molecule has 1 aliphatic heterocycles. The lowest BCUT2D eigenvalue weighted by molar-refractivity contribution is 0.0685. The minimum Gasteiger partial charge on any atom is -0.493 e. The number of carboxylic acid groups (broad SMARTS) is 1. The van der Waals surface area contributed by atoms with E-state index in [4.69, 9.17) is 26.5 Å². The normalized spacial score (nSPS) is 15.5. The molecule has 8 bridgehead atoms. The van der Waals surface area contributed by atoms with Crippen LogP contribution in [0.5, 0.6) is 5.75 Å². The number of hydrogen-bond donors (Lipinski definition) is 1. The summed E-state index contributed by atoms with van der Waals surface area (Å²) in [5.74, 6) is 2.26. The number of ether oxygens (including phenoxy) is 1. The van der Waals surface area contributed by atoms with Gasteiger partial charge in [-0.25, -0.2) is 4.79 Å². The summed E-state index contributed by atoms with van der Waals surface area (Å²) in [5, 5.41) is 21.6. The number of aromatic carboxylic acids is 1. The van der Waals surface area contributed by atoms with Crippen molar-refractivity contribution in [2.24, 2.45) is 21.1 Å². The van der Waals surface area contributed by atoms with Crippen molar-refractivity contribution >= 4 is 52.0 Å². The zero-order valence-corrected chi connectivity index (χ0v) is 28.3. The maximum atomic E-state index is 12.7. The van der Waals surface area contributed by atoms with Crippen LogP contribution in [0.1, 0.15) is 62.8 Å². The molecule has 1 N–H and O–H groups in total. The molecule has 2 aromatic carbocycles. The number of nitrogens with zero attached hydrogens (tertiary/aromatic N) is 5. The van der Waals surface area contributed by atoms with Crippen molar-refractivity contribution in [1.82, 2.24) is 24.1 Å². The van der Waals surface area contributed by atoms with Gasteiger partial charge in [-0.3, -0.25) is 9.36 Å². The molecule has 5 aromatic rings. The van der Waals surface area contributed by atoms with E-state index in [9.17, 15) is 9.90 Å². The predicted octanol–water partition coefficient (Wildman–Crippen LogP) is 7.51. The summed E-state index contributed by atoms with van der Waals surface area (Å²) in [5.41, 5.74) is 10.5. The summed E-state index contributed by atoms with van der Waals surface area (Å²) in [7, 11) is 5.79. The zero-order chi connectivity index (χ0) is 31.4. The van der Waals surface area contributed by atoms with Crippen LogP contribution >= 0.6 is 35.1 Å². The Kier molecular flexibility index (Phi) is 8.16. The molecule has 0 saturated carbocycles. The van der Waals surface area contributed by atoms with Crippen LogP contribution in [0.15, 0.2) is 35.2 Å². The number of halogens is 1. The molecule has 0 radical (unpaired) electrons. The van der Waals surface area contributed by atoms with Crippen molar-refractivity contribution in [2.75, 3.05) is 6.61 Å². The third-order valence-electron chi connectivity index (χ3n) is 9.15. The first-order valence-electron chi connectivity index (χ1n) is 15.3. The molecule has 7 rings (SSSR count). The van der Waals surface area contributed by atoms with Gasteiger partial charge >= 0.3 is 5.97 Å². The minimum atomic E-state index is -0.947. The quantitative estimate of drug-likeness (QED) is 0.199. The Morgan fingerprint density at radius 1 is 0.956 bits per heavy atom. The van der Waals surface area contributed by atoms with Gasteiger partial charge in [0.15, 0.2) is 0 Å². The highest BCUT2D eigenvalue weighted by Crippen LogP contribution is 2.43. The largest absolute Gasteiger partial charge is 0.493 e. The molecule has 11 heteroatoms. The summed E-state index contributed by atoms with van der Waals surface area (Å²) < 4.78 is 12.1. The third-order valence-corrected chi connectivity index (χ3v) is 11.4. The molecule has 4 heterocycles. The molecule has 0 atom stereocenters. The van der Waals surface area contributed by atoms with E-state index >= 15 is 0 Å². The summed E-state index contributed by atoms with van der Waals surface area (Å²) in [6.45, 7) is 2.55. The summed E-state index contributed by atoms with van der Waals surface area (Å²) >= 11 is 10.6. The number of carboxylic acids is 1. The fraction of sp³-hybridized carbons (Fsp3) is 0.382. The first-order chi connectivity index (χ1) is 21.7. The van der Waals surface area contributed by atoms with Gasteiger partial charge in [-0.05, 0) is 80.0 Å². The van der Waals surface area contributed by atoms with Gasteiger partial charge in [0.05, 0.1) is 28.5 Å². The maximum Gasteiger partial charge on any atom is 0.352 e. The fourth-order valence-corrected chi connectivity index (χ4v) is 9.03. The molecular formula is C34H36ClN5O3S2. The van der Waals surface area contributed by atoms with E-state index in [0.717, 1.165) is 81.2 Å². The van der Waals surface area contributed by atoms with Crippen molar-refractivity contribution in [3.63, 3.8) is 0 Å². The van der Waals surface area contributed by atoms with Gasteiger partial charge in [0, 0.05) is 71.2 Å². The molecular weight excluding hydrogens is 626 g/mol. The van der Waals surface area contributed by atoms with Crippen molar-refractivity contribution in [2.45, 2.75) is 61.2 Å². The van der Waals surface area contributed by atoms with Crippen molar-refractivity contribution in [1.29, 1.82) is 0 Å². The van der Waals surface area contributed by atoms with Crippen LogP contribution in [0.3, 0.4) is 0 Å². The van der Waals surface area contributed by atoms with Crippen molar-refractivity contribution < 1.29 is 14.6 Å². The van der Waals surface area contributed by atoms with Crippen LogP contribution in [-0.2, 0) is 57.7 Å². The summed E-state index contributed by atoms with van der Waals surface area (Å²) in [4.78, 5) is 13.9. The first-order valence-corrected chi connectivity index (χ1v) is 17.8. The number of thioether (sulfide) groups is 2. The monoisotopic (exact) mass is 661 g/mol. The lowest BCUT2D eigenvalue weighted by Gasteiger charge is -2.14. The predicted molar refractivity (Wildman–Crippen MR) is 182 cm³/mol. The lowest BCUT2D eigenvalue weighted by atomic mass is 9.98.